The van der Waals surface area contributed by atoms with Crippen LogP contribution in [0.3, 0.4) is 0 Å². The lowest BCUT2D eigenvalue weighted by molar-refractivity contribution is 0.378. The summed E-state index contributed by atoms with van der Waals surface area (Å²) in [6, 6.07) is 12.5. The number of hydrogen-bond donors (Lipinski definition) is 0. The van der Waals surface area contributed by atoms with Crippen molar-refractivity contribution in [3.63, 3.8) is 0 Å². The molecule has 180 valence electrons. The van der Waals surface area contributed by atoms with Crippen LogP contribution in [0.25, 0.3) is 11.6 Å². The summed E-state index contributed by atoms with van der Waals surface area (Å²) in [7, 11) is -2.69. The number of hydrogen-bond acceptors (Lipinski definition) is 9. The topological polar surface area (TPSA) is 120 Å². The third-order valence-electron chi connectivity index (χ3n) is 4.69. The average Bonchev–Trinajstić information content (AvgIpc) is 2.87. The highest BCUT2D eigenvalue weighted by molar-refractivity contribution is 7.92. The van der Waals surface area contributed by atoms with Gasteiger partial charge in [0.05, 0.1) is 7.11 Å². The number of methoxy groups -OCH3 is 1. The summed E-state index contributed by atoms with van der Waals surface area (Å²) >= 11 is 6.57. The standard InChI is InChI=1S/C23H21ClN6O4S/c1-15(2)30(35(31,32)18-11-6-7-12-25-18)23-19(34-17-10-5-4-9-16(17)33-3)20(24)28-22(29-23)21-26-13-8-14-27-21/h4-15H,1-3H3. The molecule has 0 atom stereocenters. The average molecular weight is 513 g/mol. The van der Waals surface area contributed by atoms with E-state index in [4.69, 9.17) is 21.1 Å². The summed E-state index contributed by atoms with van der Waals surface area (Å²) in [6.45, 7) is 3.39. The fourth-order valence-corrected chi connectivity index (χ4v) is 4.97. The van der Waals surface area contributed by atoms with Crippen molar-refractivity contribution in [1.82, 2.24) is 24.9 Å². The molecular formula is C23H21ClN6O4S. The molecule has 35 heavy (non-hydrogen) atoms. The maximum atomic E-state index is 13.7. The van der Waals surface area contributed by atoms with Gasteiger partial charge in [-0.2, -0.15) is 8.42 Å². The van der Waals surface area contributed by atoms with Crippen LogP contribution in [0, 0.1) is 0 Å². The van der Waals surface area contributed by atoms with E-state index in [1.807, 2.05) is 0 Å². The highest BCUT2D eigenvalue weighted by Gasteiger charge is 2.34. The molecule has 10 nitrogen and oxygen atoms in total. The predicted molar refractivity (Wildman–Crippen MR) is 130 cm³/mol. The molecule has 0 bridgehead atoms. The van der Waals surface area contributed by atoms with Gasteiger partial charge in [0.1, 0.15) is 0 Å². The Kier molecular flexibility index (Phi) is 7.08. The lowest BCUT2D eigenvalue weighted by Gasteiger charge is -2.28. The molecule has 4 rings (SSSR count). The second kappa shape index (κ2) is 10.2. The number of rotatable bonds is 8. The zero-order valence-electron chi connectivity index (χ0n) is 19.0. The van der Waals surface area contributed by atoms with Crippen LogP contribution in [0.15, 0.2) is 72.1 Å². The van der Waals surface area contributed by atoms with Gasteiger partial charge in [0.15, 0.2) is 33.3 Å². The second-order valence-corrected chi connectivity index (χ2v) is 9.50. The second-order valence-electron chi connectivity index (χ2n) is 7.38. The number of anilines is 1. The highest BCUT2D eigenvalue weighted by Crippen LogP contribution is 2.42. The van der Waals surface area contributed by atoms with E-state index in [1.54, 1.807) is 56.3 Å². The van der Waals surface area contributed by atoms with Gasteiger partial charge in [0.25, 0.3) is 10.0 Å². The number of ether oxygens (including phenoxy) is 2. The number of sulfonamides is 1. The van der Waals surface area contributed by atoms with Crippen molar-refractivity contribution in [3.05, 3.63) is 72.3 Å². The van der Waals surface area contributed by atoms with Gasteiger partial charge in [0.2, 0.25) is 11.6 Å². The molecule has 0 aliphatic heterocycles. The Bertz CT molecular complexity index is 1420. The summed E-state index contributed by atoms with van der Waals surface area (Å²) in [5.41, 5.74) is 0. The molecule has 4 aromatic rings. The molecule has 0 aliphatic carbocycles. The first-order valence-corrected chi connectivity index (χ1v) is 12.3. The summed E-state index contributed by atoms with van der Waals surface area (Å²) < 4.78 is 39.9. The molecule has 0 fully saturated rings. The van der Waals surface area contributed by atoms with Crippen LogP contribution in [0.2, 0.25) is 5.15 Å². The van der Waals surface area contributed by atoms with Crippen molar-refractivity contribution in [2.45, 2.75) is 24.9 Å². The molecule has 0 aliphatic rings. The minimum absolute atomic E-state index is 0.0276. The zero-order chi connectivity index (χ0) is 25.0. The van der Waals surface area contributed by atoms with Gasteiger partial charge in [-0.1, -0.05) is 29.8 Å². The van der Waals surface area contributed by atoms with E-state index in [1.165, 1.54) is 31.8 Å². The van der Waals surface area contributed by atoms with Crippen LogP contribution in [-0.2, 0) is 10.0 Å². The van der Waals surface area contributed by atoms with Gasteiger partial charge in [-0.05, 0) is 44.2 Å². The highest BCUT2D eigenvalue weighted by atomic mass is 35.5. The van der Waals surface area contributed by atoms with E-state index in [-0.39, 0.29) is 33.4 Å². The third-order valence-corrected chi connectivity index (χ3v) is 6.83. The molecule has 3 aromatic heterocycles. The quantitative estimate of drug-likeness (QED) is 0.316. The fourth-order valence-electron chi connectivity index (χ4n) is 3.21. The lowest BCUT2D eigenvalue weighted by atomic mass is 10.3. The summed E-state index contributed by atoms with van der Waals surface area (Å²) in [5, 5.41) is -0.297. The Morgan fingerprint density at radius 2 is 1.51 bits per heavy atom. The molecule has 0 saturated heterocycles. The number of halogens is 1. The first kappa shape index (κ1) is 24.3. The van der Waals surface area contributed by atoms with E-state index >= 15 is 0 Å². The van der Waals surface area contributed by atoms with Crippen molar-refractivity contribution in [1.29, 1.82) is 0 Å². The van der Waals surface area contributed by atoms with Crippen LogP contribution >= 0.6 is 11.6 Å². The third kappa shape index (κ3) is 5.00. The summed E-state index contributed by atoms with van der Waals surface area (Å²) in [6.07, 6.45) is 4.43. The van der Waals surface area contributed by atoms with E-state index in [0.29, 0.717) is 11.5 Å². The van der Waals surface area contributed by atoms with E-state index in [2.05, 4.69) is 24.9 Å². The van der Waals surface area contributed by atoms with Crippen LogP contribution in [0.1, 0.15) is 13.8 Å². The maximum Gasteiger partial charge on any atom is 0.283 e. The Morgan fingerprint density at radius 3 is 2.14 bits per heavy atom. The maximum absolute atomic E-state index is 13.7. The molecular weight excluding hydrogens is 492 g/mol. The molecule has 12 heteroatoms. The molecule has 1 aromatic carbocycles. The van der Waals surface area contributed by atoms with Gasteiger partial charge in [-0.3, -0.25) is 0 Å². The van der Waals surface area contributed by atoms with E-state index in [0.717, 1.165) is 4.31 Å². The number of para-hydroxylation sites is 2. The van der Waals surface area contributed by atoms with Gasteiger partial charge < -0.3 is 9.47 Å². The molecule has 0 spiro atoms. The van der Waals surface area contributed by atoms with Crippen LogP contribution in [0.5, 0.6) is 17.2 Å². The van der Waals surface area contributed by atoms with Crippen molar-refractivity contribution in [2.24, 2.45) is 0 Å². The van der Waals surface area contributed by atoms with Crippen LogP contribution in [-0.4, -0.2) is 46.5 Å². The molecule has 0 amide bonds. The smallest absolute Gasteiger partial charge is 0.283 e. The Labute approximate surface area is 207 Å². The minimum atomic E-state index is -4.18. The largest absolute Gasteiger partial charge is 0.493 e. The van der Waals surface area contributed by atoms with Crippen molar-refractivity contribution in [3.8, 4) is 28.9 Å². The van der Waals surface area contributed by atoms with Gasteiger partial charge in [0, 0.05) is 24.6 Å². The zero-order valence-corrected chi connectivity index (χ0v) is 20.6. The molecule has 0 saturated carbocycles. The predicted octanol–water partition coefficient (Wildman–Crippen LogP) is 4.39. The van der Waals surface area contributed by atoms with Gasteiger partial charge in [-0.25, -0.2) is 29.2 Å². The first-order chi connectivity index (χ1) is 16.8. The number of pyridine rings is 1. The number of nitrogens with zero attached hydrogens (tertiary/aromatic N) is 6. The Balaban J connectivity index is 1.96. The number of benzene rings is 1. The fraction of sp³-hybridized carbons (Fsp3) is 0.174. The Morgan fingerprint density at radius 1 is 0.857 bits per heavy atom. The van der Waals surface area contributed by atoms with Gasteiger partial charge in [-0.15, -0.1) is 0 Å². The molecule has 0 N–H and O–H groups in total. The number of aromatic nitrogens is 5. The van der Waals surface area contributed by atoms with E-state index in [9.17, 15) is 8.42 Å². The monoisotopic (exact) mass is 512 g/mol. The summed E-state index contributed by atoms with van der Waals surface area (Å²) in [4.78, 5) is 21.1. The van der Waals surface area contributed by atoms with Crippen molar-refractivity contribution < 1.29 is 17.9 Å². The Hall–Kier alpha value is -3.83. The minimum Gasteiger partial charge on any atom is -0.493 e. The van der Waals surface area contributed by atoms with E-state index < -0.39 is 16.1 Å². The molecule has 0 unspecified atom stereocenters. The SMILES string of the molecule is COc1ccccc1Oc1c(Cl)nc(-c2ncccn2)nc1N(C(C)C)S(=O)(=O)c1ccccn1. The normalized spacial score (nSPS) is 11.3. The molecule has 3 heterocycles. The van der Waals surface area contributed by atoms with Crippen LogP contribution < -0.4 is 13.8 Å². The first-order valence-electron chi connectivity index (χ1n) is 10.4. The summed E-state index contributed by atoms with van der Waals surface area (Å²) in [5.74, 6) is 0.722. The van der Waals surface area contributed by atoms with Gasteiger partial charge >= 0.3 is 0 Å². The van der Waals surface area contributed by atoms with Crippen molar-refractivity contribution in [2.75, 3.05) is 11.4 Å². The van der Waals surface area contributed by atoms with Crippen molar-refractivity contribution >= 4 is 27.4 Å². The lowest BCUT2D eigenvalue weighted by Crippen LogP contribution is -2.38. The van der Waals surface area contributed by atoms with Crippen LogP contribution in [0.4, 0.5) is 5.82 Å². The molecule has 0 radical (unpaired) electrons.